The molecule has 1 N–H and O–H groups in total. The summed E-state index contributed by atoms with van der Waals surface area (Å²) in [5.74, 6) is -0.343. The van der Waals surface area contributed by atoms with Gasteiger partial charge in [-0.15, -0.1) is 0 Å². The maximum atomic E-state index is 15.6. The highest BCUT2D eigenvalue weighted by atomic mass is 19.1. The van der Waals surface area contributed by atoms with Gasteiger partial charge in [-0.1, -0.05) is 31.1 Å². The molecule has 1 heterocycles. The monoisotopic (exact) mass is 511 g/mol. The number of hydrogen-bond donors (Lipinski definition) is 1. The Morgan fingerprint density at radius 1 is 1.27 bits per heavy atom. The SMILES string of the molecule is C#CNC.C/C=C(\C)CN1CCC(F)(C(=O)N(CC)CCCN(C)Cc2cc(C#N)ccc2CC)CC1. The minimum absolute atomic E-state index is 0.272. The summed E-state index contributed by atoms with van der Waals surface area (Å²) in [5, 5.41) is 11.7. The van der Waals surface area contributed by atoms with Gasteiger partial charge < -0.3 is 15.1 Å². The highest BCUT2D eigenvalue weighted by Crippen LogP contribution is 2.29. The predicted molar refractivity (Wildman–Crippen MR) is 151 cm³/mol. The van der Waals surface area contributed by atoms with E-state index in [9.17, 15) is 10.1 Å². The fourth-order valence-electron chi connectivity index (χ4n) is 4.50. The smallest absolute Gasteiger partial charge is 0.260 e. The zero-order chi connectivity index (χ0) is 27.8. The third-order valence-corrected chi connectivity index (χ3v) is 6.94. The molecule has 1 saturated heterocycles. The first-order valence-corrected chi connectivity index (χ1v) is 13.3. The molecule has 1 aliphatic heterocycles. The summed E-state index contributed by atoms with van der Waals surface area (Å²) >= 11 is 0. The molecule has 1 fully saturated rings. The Labute approximate surface area is 224 Å². The Morgan fingerprint density at radius 2 is 1.92 bits per heavy atom. The molecular weight excluding hydrogens is 465 g/mol. The van der Waals surface area contributed by atoms with Crippen molar-refractivity contribution >= 4 is 5.91 Å². The number of carbonyl (C=O) groups is 1. The summed E-state index contributed by atoms with van der Waals surface area (Å²) in [6, 6.07) is 10.3. The number of allylic oxidation sites excluding steroid dienone is 1. The molecule has 1 aliphatic rings. The number of amides is 1. The highest BCUT2D eigenvalue weighted by Gasteiger charge is 2.43. The van der Waals surface area contributed by atoms with E-state index in [1.807, 2.05) is 32.0 Å². The van der Waals surface area contributed by atoms with Crippen molar-refractivity contribution in [2.45, 2.75) is 65.6 Å². The Kier molecular flexibility index (Phi) is 14.6. The van der Waals surface area contributed by atoms with Crippen LogP contribution in [0, 0.1) is 23.8 Å². The van der Waals surface area contributed by atoms with Crippen molar-refractivity contribution in [3.05, 3.63) is 46.5 Å². The van der Waals surface area contributed by atoms with Crippen molar-refractivity contribution in [3.63, 3.8) is 0 Å². The van der Waals surface area contributed by atoms with Gasteiger partial charge in [0.2, 0.25) is 0 Å². The molecule has 0 bridgehead atoms. The van der Waals surface area contributed by atoms with E-state index in [0.717, 1.165) is 32.5 Å². The first kappa shape index (κ1) is 32.2. The number of halogens is 1. The molecule has 0 saturated carbocycles. The second-order valence-corrected chi connectivity index (χ2v) is 9.70. The molecule has 2 rings (SSSR count). The van der Waals surface area contributed by atoms with Crippen LogP contribution in [0.4, 0.5) is 4.39 Å². The number of benzene rings is 1. The van der Waals surface area contributed by atoms with Gasteiger partial charge in [-0.3, -0.25) is 9.69 Å². The van der Waals surface area contributed by atoms with Crippen LogP contribution < -0.4 is 5.32 Å². The third-order valence-electron chi connectivity index (χ3n) is 6.94. The number of piperidine rings is 1. The summed E-state index contributed by atoms with van der Waals surface area (Å²) in [6.07, 6.45) is 9.01. The van der Waals surface area contributed by atoms with Gasteiger partial charge in [0.25, 0.3) is 5.91 Å². The topological polar surface area (TPSA) is 62.6 Å². The molecule has 0 spiro atoms. The van der Waals surface area contributed by atoms with Crippen molar-refractivity contribution in [2.24, 2.45) is 0 Å². The van der Waals surface area contributed by atoms with Gasteiger partial charge in [-0.25, -0.2) is 4.39 Å². The van der Waals surface area contributed by atoms with Gasteiger partial charge in [0.15, 0.2) is 5.67 Å². The van der Waals surface area contributed by atoms with Crippen LogP contribution in [0.25, 0.3) is 0 Å². The van der Waals surface area contributed by atoms with E-state index in [2.05, 4.69) is 60.6 Å². The van der Waals surface area contributed by atoms with Crippen LogP contribution in [0.5, 0.6) is 0 Å². The maximum absolute atomic E-state index is 15.6. The number of nitrogens with zero attached hydrogens (tertiary/aromatic N) is 4. The lowest BCUT2D eigenvalue weighted by Gasteiger charge is -2.38. The van der Waals surface area contributed by atoms with E-state index in [0.29, 0.717) is 31.7 Å². The number of terminal acetylenes is 1. The van der Waals surface area contributed by atoms with Crippen molar-refractivity contribution in [1.29, 1.82) is 5.26 Å². The molecule has 1 aromatic carbocycles. The Hall–Kier alpha value is -2.87. The van der Waals surface area contributed by atoms with Gasteiger partial charge >= 0.3 is 0 Å². The molecule has 0 aromatic heterocycles. The van der Waals surface area contributed by atoms with Crippen LogP contribution in [-0.4, -0.2) is 79.6 Å². The number of rotatable bonds is 11. The fraction of sp³-hybridized carbons (Fsp3) is 0.600. The second-order valence-electron chi connectivity index (χ2n) is 9.70. The summed E-state index contributed by atoms with van der Waals surface area (Å²) in [5.41, 5.74) is 2.64. The number of aryl methyl sites for hydroxylation is 1. The fourth-order valence-corrected chi connectivity index (χ4v) is 4.50. The first-order chi connectivity index (χ1) is 17.7. The van der Waals surface area contributed by atoms with Crippen LogP contribution in [0.15, 0.2) is 29.8 Å². The minimum atomic E-state index is -1.74. The quantitative estimate of drug-likeness (QED) is 0.272. The van der Waals surface area contributed by atoms with Gasteiger partial charge in [-0.05, 0) is 70.5 Å². The van der Waals surface area contributed by atoms with Crippen LogP contribution in [0.1, 0.15) is 63.6 Å². The number of nitrogens with one attached hydrogen (secondary N) is 1. The summed E-state index contributed by atoms with van der Waals surface area (Å²) < 4.78 is 15.6. The summed E-state index contributed by atoms with van der Waals surface area (Å²) in [7, 11) is 3.75. The van der Waals surface area contributed by atoms with E-state index in [1.54, 1.807) is 11.9 Å². The second kappa shape index (κ2) is 16.8. The lowest BCUT2D eigenvalue weighted by Crippen LogP contribution is -2.52. The van der Waals surface area contributed by atoms with Crippen molar-refractivity contribution in [1.82, 2.24) is 20.0 Å². The van der Waals surface area contributed by atoms with E-state index < -0.39 is 5.67 Å². The molecule has 0 atom stereocenters. The first-order valence-electron chi connectivity index (χ1n) is 13.3. The lowest BCUT2D eigenvalue weighted by atomic mass is 9.91. The average molecular weight is 512 g/mol. The zero-order valence-corrected chi connectivity index (χ0v) is 23.7. The van der Waals surface area contributed by atoms with Gasteiger partial charge in [0.1, 0.15) is 0 Å². The number of hydrogen-bond acceptors (Lipinski definition) is 5. The van der Waals surface area contributed by atoms with Crippen LogP contribution in [0.2, 0.25) is 0 Å². The lowest BCUT2D eigenvalue weighted by molar-refractivity contribution is -0.147. The number of carbonyl (C=O) groups excluding carboxylic acids is 1. The molecule has 204 valence electrons. The van der Waals surface area contributed by atoms with E-state index in [4.69, 9.17) is 0 Å². The van der Waals surface area contributed by atoms with E-state index in [-0.39, 0.29) is 18.7 Å². The van der Waals surface area contributed by atoms with E-state index >= 15 is 4.39 Å². The maximum Gasteiger partial charge on any atom is 0.260 e. The number of nitriles is 1. The van der Waals surface area contributed by atoms with Crippen LogP contribution in [-0.2, 0) is 17.8 Å². The molecule has 6 nitrogen and oxygen atoms in total. The normalized spacial score (nSPS) is 15.2. The number of alkyl halides is 1. The van der Waals surface area contributed by atoms with Crippen LogP contribution in [0.3, 0.4) is 0 Å². The summed E-state index contributed by atoms with van der Waals surface area (Å²) in [4.78, 5) is 19.2. The van der Waals surface area contributed by atoms with Crippen molar-refractivity contribution in [3.8, 4) is 18.5 Å². The highest BCUT2D eigenvalue weighted by molar-refractivity contribution is 5.85. The molecule has 37 heavy (non-hydrogen) atoms. The van der Waals surface area contributed by atoms with Crippen molar-refractivity contribution in [2.75, 3.05) is 53.4 Å². The van der Waals surface area contributed by atoms with Crippen molar-refractivity contribution < 1.29 is 9.18 Å². The largest absolute Gasteiger partial charge is 0.349 e. The van der Waals surface area contributed by atoms with E-state index in [1.165, 1.54) is 16.7 Å². The van der Waals surface area contributed by atoms with Crippen LogP contribution >= 0.6 is 0 Å². The number of likely N-dealkylation sites (tertiary alicyclic amines) is 1. The van der Waals surface area contributed by atoms with Gasteiger partial charge in [0.05, 0.1) is 11.6 Å². The molecule has 1 aromatic rings. The molecular formula is C30H46FN5O. The Bertz CT molecular complexity index is 954. The Balaban J connectivity index is 0.00000159. The van der Waals surface area contributed by atoms with Gasteiger partial charge in [-0.2, -0.15) is 5.26 Å². The standard InChI is InChI=1S/C27H41FN4O.C3H5N/c1-6-22(4)20-31-16-12-27(28,13-17-31)26(33)32(8-3)15-9-14-30(5)21-25-18-23(19-29)10-11-24(25)7-2;1-3-4-2/h6,10-11,18H,7-9,12-17,20-21H2,1-5H3;1,4H,2H3/b22-6+;. The zero-order valence-electron chi connectivity index (χ0n) is 23.7. The molecule has 0 aliphatic carbocycles. The minimum Gasteiger partial charge on any atom is -0.349 e. The molecule has 7 heteroatoms. The third kappa shape index (κ3) is 10.6. The van der Waals surface area contributed by atoms with Gasteiger partial charge in [0, 0.05) is 65.2 Å². The predicted octanol–water partition coefficient (Wildman–Crippen LogP) is 4.36. The summed E-state index contributed by atoms with van der Waals surface area (Å²) in [6.45, 7) is 12.9. The molecule has 0 unspecified atom stereocenters. The Morgan fingerprint density at radius 3 is 2.43 bits per heavy atom. The molecule has 1 amide bonds. The molecule has 0 radical (unpaired) electrons. The average Bonchev–Trinajstić information content (AvgIpc) is 2.92.